The molecule has 0 saturated carbocycles. The number of benzene rings is 3. The molecule has 162 valence electrons. The van der Waals surface area contributed by atoms with Crippen molar-refractivity contribution in [2.24, 2.45) is 16.9 Å². The van der Waals surface area contributed by atoms with Crippen LogP contribution in [0.15, 0.2) is 90.0 Å². The number of para-hydroxylation sites is 1. The largest absolute Gasteiger partial charge is 0.324 e. The van der Waals surface area contributed by atoms with E-state index in [1.54, 1.807) is 35.5 Å². The fraction of sp³-hybridized carbons (Fsp3) is 0.154. The molecule has 2 fully saturated rings. The highest BCUT2D eigenvalue weighted by molar-refractivity contribution is 6.26. The molecule has 0 spiro atoms. The first-order chi connectivity index (χ1) is 16.1. The highest BCUT2D eigenvalue weighted by Crippen LogP contribution is 2.46. The molecule has 4 atom stereocenters. The number of carbonyl (C=O) groups is 3. The molecule has 1 N–H and O–H groups in total. The summed E-state index contributed by atoms with van der Waals surface area (Å²) in [5.74, 6) is -2.53. The topological polar surface area (TPSA) is 82.1 Å². The molecule has 6 rings (SSSR count). The number of hydrogen-bond acceptors (Lipinski definition) is 5. The summed E-state index contributed by atoms with van der Waals surface area (Å²) in [6.45, 7) is 0. The summed E-state index contributed by atoms with van der Waals surface area (Å²) in [6, 6.07) is 20.9. The summed E-state index contributed by atoms with van der Waals surface area (Å²) < 4.78 is 0. The molecular formula is C26H20N4O3. The monoisotopic (exact) mass is 436 g/mol. The van der Waals surface area contributed by atoms with E-state index in [-0.39, 0.29) is 17.7 Å². The molecule has 0 aliphatic carbocycles. The Kier molecular flexibility index (Phi) is 4.36. The van der Waals surface area contributed by atoms with Crippen LogP contribution >= 0.6 is 0 Å². The molecule has 2 saturated heterocycles. The smallest absolute Gasteiger partial charge is 0.249 e. The van der Waals surface area contributed by atoms with Gasteiger partial charge >= 0.3 is 0 Å². The van der Waals surface area contributed by atoms with Gasteiger partial charge in [-0.25, -0.2) is 4.90 Å². The molecule has 3 aliphatic heterocycles. The Balaban J connectivity index is 1.42. The second-order valence-electron chi connectivity index (χ2n) is 8.38. The Labute approximate surface area is 190 Å². The van der Waals surface area contributed by atoms with E-state index in [0.717, 1.165) is 10.8 Å². The maximum atomic E-state index is 13.8. The number of anilines is 2. The third-order valence-corrected chi connectivity index (χ3v) is 6.61. The Bertz CT molecular complexity index is 1340. The molecule has 0 unspecified atom stereocenters. The van der Waals surface area contributed by atoms with Gasteiger partial charge in [0.15, 0.2) is 0 Å². The van der Waals surface area contributed by atoms with Crippen molar-refractivity contribution in [1.29, 1.82) is 0 Å². The van der Waals surface area contributed by atoms with Crippen molar-refractivity contribution in [2.75, 3.05) is 10.2 Å². The molecule has 33 heavy (non-hydrogen) atoms. The number of amides is 3. The first kappa shape index (κ1) is 19.4. The second kappa shape index (κ2) is 7.41. The number of hydrogen-bond donors (Lipinski definition) is 1. The van der Waals surface area contributed by atoms with E-state index in [9.17, 15) is 14.4 Å². The van der Waals surface area contributed by atoms with E-state index in [4.69, 9.17) is 0 Å². The molecule has 3 aromatic rings. The van der Waals surface area contributed by atoms with Gasteiger partial charge in [0.25, 0.3) is 0 Å². The van der Waals surface area contributed by atoms with E-state index in [1.807, 2.05) is 60.7 Å². The average molecular weight is 436 g/mol. The van der Waals surface area contributed by atoms with Crippen LogP contribution in [0.5, 0.6) is 0 Å². The van der Waals surface area contributed by atoms with Gasteiger partial charge in [-0.2, -0.15) is 5.10 Å². The van der Waals surface area contributed by atoms with Gasteiger partial charge in [-0.15, -0.1) is 0 Å². The van der Waals surface area contributed by atoms with Crippen molar-refractivity contribution in [3.63, 3.8) is 0 Å². The van der Waals surface area contributed by atoms with Crippen LogP contribution in [0.1, 0.15) is 0 Å². The Hall–Kier alpha value is -4.26. The lowest BCUT2D eigenvalue weighted by atomic mass is 9.88. The minimum atomic E-state index is -0.891. The standard InChI is InChI=1S/C26H20N4O3/c31-24(28-17-10-2-1-3-11-17)23-22-21(20-14-7-15-27-30(20)23)25(32)29(26(22)33)19-13-6-9-16-8-4-5-12-18(16)19/h1-15,20-23H,(H,28,31)/t20-,21-,22-,23+/m0/s1. The highest BCUT2D eigenvalue weighted by atomic mass is 16.2. The number of nitrogens with zero attached hydrogens (tertiary/aromatic N) is 3. The summed E-state index contributed by atoms with van der Waals surface area (Å²) in [5.41, 5.74) is 1.18. The minimum absolute atomic E-state index is 0.298. The number of carbonyl (C=O) groups excluding carboxylic acids is 3. The molecule has 3 heterocycles. The number of rotatable bonds is 3. The molecule has 7 nitrogen and oxygen atoms in total. The molecule has 7 heteroatoms. The second-order valence-corrected chi connectivity index (χ2v) is 8.38. The maximum absolute atomic E-state index is 13.8. The lowest BCUT2D eigenvalue weighted by molar-refractivity contribution is -0.129. The number of allylic oxidation sites excluding steroid dienone is 1. The van der Waals surface area contributed by atoms with E-state index < -0.39 is 23.9 Å². The Morgan fingerprint density at radius 3 is 2.42 bits per heavy atom. The highest BCUT2D eigenvalue weighted by Gasteiger charge is 2.64. The van der Waals surface area contributed by atoms with Crippen LogP contribution in [0.3, 0.4) is 0 Å². The molecule has 3 amide bonds. The summed E-state index contributed by atoms with van der Waals surface area (Å²) in [5, 5.41) is 10.6. The van der Waals surface area contributed by atoms with Crippen molar-refractivity contribution >= 4 is 46.1 Å². The zero-order valence-electron chi connectivity index (χ0n) is 17.5. The number of imide groups is 1. The summed E-state index contributed by atoms with van der Waals surface area (Å²) in [7, 11) is 0. The van der Waals surface area contributed by atoms with Gasteiger partial charge in [-0.3, -0.25) is 19.4 Å². The van der Waals surface area contributed by atoms with Gasteiger partial charge in [0.2, 0.25) is 17.7 Å². The predicted molar refractivity (Wildman–Crippen MR) is 126 cm³/mol. The van der Waals surface area contributed by atoms with Gasteiger partial charge < -0.3 is 5.32 Å². The van der Waals surface area contributed by atoms with Crippen molar-refractivity contribution < 1.29 is 14.4 Å². The Morgan fingerprint density at radius 2 is 1.58 bits per heavy atom. The van der Waals surface area contributed by atoms with Crippen LogP contribution in [0, 0.1) is 11.8 Å². The van der Waals surface area contributed by atoms with Crippen molar-refractivity contribution in [3.8, 4) is 0 Å². The maximum Gasteiger partial charge on any atom is 0.249 e. The van der Waals surface area contributed by atoms with Crippen LogP contribution in [0.2, 0.25) is 0 Å². The summed E-state index contributed by atoms with van der Waals surface area (Å²) in [6.07, 6.45) is 5.18. The third-order valence-electron chi connectivity index (χ3n) is 6.61. The van der Waals surface area contributed by atoms with E-state index in [0.29, 0.717) is 11.4 Å². The lowest BCUT2D eigenvalue weighted by Gasteiger charge is -2.30. The van der Waals surface area contributed by atoms with Crippen molar-refractivity contribution in [3.05, 3.63) is 84.9 Å². The third kappa shape index (κ3) is 2.89. The van der Waals surface area contributed by atoms with E-state index in [2.05, 4.69) is 10.4 Å². The zero-order valence-corrected chi connectivity index (χ0v) is 17.5. The van der Waals surface area contributed by atoms with Gasteiger partial charge in [0.05, 0.1) is 23.6 Å². The summed E-state index contributed by atoms with van der Waals surface area (Å²) >= 11 is 0. The first-order valence-electron chi connectivity index (χ1n) is 10.9. The molecule has 3 aromatic carbocycles. The van der Waals surface area contributed by atoms with Crippen molar-refractivity contribution in [1.82, 2.24) is 5.01 Å². The summed E-state index contributed by atoms with van der Waals surface area (Å²) in [4.78, 5) is 42.1. The van der Waals surface area contributed by atoms with E-state index >= 15 is 0 Å². The van der Waals surface area contributed by atoms with Crippen LogP contribution in [0.4, 0.5) is 11.4 Å². The average Bonchev–Trinajstić information content (AvgIpc) is 3.32. The molecule has 0 radical (unpaired) electrons. The first-order valence-corrected chi connectivity index (χ1v) is 10.9. The molecule has 0 aromatic heterocycles. The fourth-order valence-corrected chi connectivity index (χ4v) is 5.22. The van der Waals surface area contributed by atoms with Gasteiger partial charge in [0.1, 0.15) is 6.04 Å². The van der Waals surface area contributed by atoms with Gasteiger partial charge in [0, 0.05) is 17.3 Å². The van der Waals surface area contributed by atoms with E-state index in [1.165, 1.54) is 4.90 Å². The normalized spacial score (nSPS) is 25.5. The lowest BCUT2D eigenvalue weighted by Crippen LogP contribution is -2.47. The fourth-order valence-electron chi connectivity index (χ4n) is 5.22. The predicted octanol–water partition coefficient (Wildman–Crippen LogP) is 3.19. The molecule has 0 bridgehead atoms. The SMILES string of the molecule is O=C(Nc1ccccc1)[C@H]1[C@H]2C(=O)N(c3cccc4ccccc34)C(=O)[C@H]2[C@@H]2C=CC=NN21. The quantitative estimate of drug-likeness (QED) is 0.640. The minimum Gasteiger partial charge on any atom is -0.324 e. The Morgan fingerprint density at radius 1 is 0.848 bits per heavy atom. The van der Waals surface area contributed by atoms with Crippen LogP contribution in [0.25, 0.3) is 10.8 Å². The van der Waals surface area contributed by atoms with Crippen LogP contribution in [-0.2, 0) is 14.4 Å². The van der Waals surface area contributed by atoms with Crippen LogP contribution in [-0.4, -0.2) is 41.0 Å². The van der Waals surface area contributed by atoms with Crippen LogP contribution < -0.4 is 10.2 Å². The molecule has 3 aliphatic rings. The zero-order chi connectivity index (χ0) is 22.5. The molecular weight excluding hydrogens is 416 g/mol. The number of fused-ring (bicyclic) bond motifs is 4. The number of hydrazone groups is 1. The van der Waals surface area contributed by atoms with Crippen molar-refractivity contribution in [2.45, 2.75) is 12.1 Å². The number of nitrogens with one attached hydrogen (secondary N) is 1. The van der Waals surface area contributed by atoms with Gasteiger partial charge in [-0.1, -0.05) is 60.7 Å². The van der Waals surface area contributed by atoms with Gasteiger partial charge in [-0.05, 0) is 29.7 Å².